The van der Waals surface area contributed by atoms with E-state index in [1.165, 1.54) is 0 Å². The third kappa shape index (κ3) is 1.66. The topological polar surface area (TPSA) is 42.8 Å². The molecule has 0 aromatic carbocycles. The van der Waals surface area contributed by atoms with Gasteiger partial charge in [0.25, 0.3) is 0 Å². The molecule has 1 saturated heterocycles. The molecule has 2 aromatic heterocycles. The minimum absolute atomic E-state index is 0.305. The molecule has 5 heteroatoms. The summed E-state index contributed by atoms with van der Waals surface area (Å²) in [6.07, 6.45) is 6.18. The molecule has 0 saturated carbocycles. The van der Waals surface area contributed by atoms with Crippen LogP contribution in [0.4, 0.5) is 0 Å². The molecule has 1 aliphatic heterocycles. The number of aromatic nitrogens is 3. The average molecular weight is 235 g/mol. The summed E-state index contributed by atoms with van der Waals surface area (Å²) < 4.78 is 8.48. The van der Waals surface area contributed by atoms with Gasteiger partial charge in [0.1, 0.15) is 0 Å². The zero-order valence-electron chi connectivity index (χ0n) is 8.85. The number of rotatable bonds is 2. The van der Waals surface area contributed by atoms with E-state index in [2.05, 4.69) is 14.5 Å². The normalized spacial score (nSPS) is 20.6. The van der Waals surface area contributed by atoms with Crippen molar-refractivity contribution in [3.63, 3.8) is 0 Å². The van der Waals surface area contributed by atoms with Crippen molar-refractivity contribution in [2.75, 3.05) is 6.61 Å². The molecule has 0 amide bonds. The van der Waals surface area contributed by atoms with E-state index in [1.807, 2.05) is 6.07 Å². The Bertz CT molecular complexity index is 554. The highest BCUT2D eigenvalue weighted by Crippen LogP contribution is 2.18. The number of nitrogens with zero attached hydrogens (tertiary/aromatic N) is 2. The minimum Gasteiger partial charge on any atom is -0.376 e. The van der Waals surface area contributed by atoms with E-state index in [0.29, 0.717) is 6.10 Å². The molecule has 0 bridgehead atoms. The van der Waals surface area contributed by atoms with Crippen molar-refractivity contribution >= 4 is 23.3 Å². The van der Waals surface area contributed by atoms with Gasteiger partial charge in [0, 0.05) is 12.8 Å². The van der Waals surface area contributed by atoms with Crippen molar-refractivity contribution in [2.45, 2.75) is 25.5 Å². The Morgan fingerprint density at radius 3 is 3.38 bits per heavy atom. The number of pyridine rings is 1. The molecule has 84 valence electrons. The SMILES string of the molecule is S=c1[nH]c2cnccc2n1CC1CCCO1. The Hall–Kier alpha value is -1.20. The van der Waals surface area contributed by atoms with Crippen LogP contribution in [0.5, 0.6) is 0 Å². The molecule has 1 aliphatic rings. The standard InChI is InChI=1S/C11H13N3OS/c16-11-13-9-6-12-4-3-10(9)14(11)7-8-2-1-5-15-8/h3-4,6,8H,1-2,5,7H2,(H,13,16). The molecule has 1 N–H and O–H groups in total. The van der Waals surface area contributed by atoms with Gasteiger partial charge in [0.2, 0.25) is 0 Å². The zero-order valence-corrected chi connectivity index (χ0v) is 9.67. The lowest BCUT2D eigenvalue weighted by Crippen LogP contribution is -2.14. The highest BCUT2D eigenvalue weighted by molar-refractivity contribution is 7.71. The largest absolute Gasteiger partial charge is 0.376 e. The number of nitrogens with one attached hydrogen (secondary N) is 1. The number of hydrogen-bond acceptors (Lipinski definition) is 3. The Kier molecular flexibility index (Phi) is 2.49. The lowest BCUT2D eigenvalue weighted by atomic mass is 10.2. The predicted molar refractivity (Wildman–Crippen MR) is 63.9 cm³/mol. The van der Waals surface area contributed by atoms with Crippen LogP contribution in [0.3, 0.4) is 0 Å². The Labute approximate surface area is 98.3 Å². The number of fused-ring (bicyclic) bond motifs is 1. The van der Waals surface area contributed by atoms with Gasteiger partial charge >= 0.3 is 0 Å². The van der Waals surface area contributed by atoms with E-state index in [4.69, 9.17) is 17.0 Å². The van der Waals surface area contributed by atoms with E-state index in [-0.39, 0.29) is 0 Å². The first-order valence-corrected chi connectivity index (χ1v) is 5.89. The molecule has 0 spiro atoms. The first kappa shape index (κ1) is 9.99. The number of aromatic amines is 1. The van der Waals surface area contributed by atoms with Crippen LogP contribution in [0.2, 0.25) is 0 Å². The first-order valence-electron chi connectivity index (χ1n) is 5.49. The van der Waals surface area contributed by atoms with E-state index >= 15 is 0 Å². The Morgan fingerprint density at radius 2 is 2.56 bits per heavy atom. The van der Waals surface area contributed by atoms with Crippen molar-refractivity contribution in [2.24, 2.45) is 0 Å². The first-order chi connectivity index (χ1) is 7.84. The predicted octanol–water partition coefficient (Wildman–Crippen LogP) is 2.27. The maximum Gasteiger partial charge on any atom is 0.178 e. The Balaban J connectivity index is 2.01. The van der Waals surface area contributed by atoms with Gasteiger partial charge in [-0.2, -0.15) is 0 Å². The summed E-state index contributed by atoms with van der Waals surface area (Å²) >= 11 is 5.31. The van der Waals surface area contributed by atoms with Crippen LogP contribution in [0.1, 0.15) is 12.8 Å². The van der Waals surface area contributed by atoms with Crippen LogP contribution in [0.15, 0.2) is 18.5 Å². The van der Waals surface area contributed by atoms with Gasteiger partial charge in [-0.25, -0.2) is 0 Å². The molecule has 0 aliphatic carbocycles. The van der Waals surface area contributed by atoms with Gasteiger partial charge in [-0.1, -0.05) is 0 Å². The molecule has 1 unspecified atom stereocenters. The molecule has 1 fully saturated rings. The van der Waals surface area contributed by atoms with Crippen LogP contribution in [0.25, 0.3) is 11.0 Å². The van der Waals surface area contributed by atoms with E-state index in [9.17, 15) is 0 Å². The zero-order chi connectivity index (χ0) is 11.0. The van der Waals surface area contributed by atoms with Gasteiger partial charge in [0.15, 0.2) is 4.77 Å². The third-order valence-corrected chi connectivity index (χ3v) is 3.31. The van der Waals surface area contributed by atoms with Crippen LogP contribution in [-0.4, -0.2) is 27.2 Å². The van der Waals surface area contributed by atoms with Gasteiger partial charge < -0.3 is 14.3 Å². The van der Waals surface area contributed by atoms with E-state index < -0.39 is 0 Å². The molecule has 0 radical (unpaired) electrons. The molecule has 1 atom stereocenters. The van der Waals surface area contributed by atoms with Gasteiger partial charge in [-0.3, -0.25) is 4.98 Å². The summed E-state index contributed by atoms with van der Waals surface area (Å²) in [5, 5.41) is 0. The molecular formula is C11H13N3OS. The second-order valence-corrected chi connectivity index (χ2v) is 4.46. The monoisotopic (exact) mass is 235 g/mol. The highest BCUT2D eigenvalue weighted by Gasteiger charge is 2.17. The fourth-order valence-electron chi connectivity index (χ4n) is 2.18. The molecule has 16 heavy (non-hydrogen) atoms. The number of imidazole rings is 1. The highest BCUT2D eigenvalue weighted by atomic mass is 32.1. The molecule has 3 rings (SSSR count). The molecule has 4 nitrogen and oxygen atoms in total. The molecular weight excluding hydrogens is 222 g/mol. The molecule has 3 heterocycles. The lowest BCUT2D eigenvalue weighted by molar-refractivity contribution is 0.0976. The van der Waals surface area contributed by atoms with Crippen LogP contribution in [0, 0.1) is 4.77 Å². The summed E-state index contributed by atoms with van der Waals surface area (Å²) in [6.45, 7) is 1.71. The van der Waals surface area contributed by atoms with Crippen LogP contribution in [-0.2, 0) is 11.3 Å². The fraction of sp³-hybridized carbons (Fsp3) is 0.455. The van der Waals surface area contributed by atoms with Crippen molar-refractivity contribution < 1.29 is 4.74 Å². The van der Waals surface area contributed by atoms with Crippen molar-refractivity contribution in [1.29, 1.82) is 0 Å². The van der Waals surface area contributed by atoms with Crippen molar-refractivity contribution in [3.8, 4) is 0 Å². The van der Waals surface area contributed by atoms with Crippen LogP contribution >= 0.6 is 12.2 Å². The number of H-pyrrole nitrogens is 1. The van der Waals surface area contributed by atoms with Gasteiger partial charge in [0.05, 0.1) is 29.9 Å². The average Bonchev–Trinajstić information content (AvgIpc) is 2.89. The van der Waals surface area contributed by atoms with Crippen LogP contribution < -0.4 is 0 Å². The maximum atomic E-state index is 5.63. The summed E-state index contributed by atoms with van der Waals surface area (Å²) in [5.41, 5.74) is 2.10. The summed E-state index contributed by atoms with van der Waals surface area (Å²) in [6, 6.07) is 1.98. The quantitative estimate of drug-likeness (QED) is 0.812. The second kappa shape index (κ2) is 3.99. The second-order valence-electron chi connectivity index (χ2n) is 4.07. The van der Waals surface area contributed by atoms with Gasteiger partial charge in [-0.05, 0) is 31.1 Å². The summed E-state index contributed by atoms with van der Waals surface area (Å²) in [4.78, 5) is 7.24. The van der Waals surface area contributed by atoms with E-state index in [0.717, 1.165) is 41.8 Å². The lowest BCUT2D eigenvalue weighted by Gasteiger charge is -2.10. The fourth-order valence-corrected chi connectivity index (χ4v) is 2.47. The summed E-state index contributed by atoms with van der Waals surface area (Å²) in [5.74, 6) is 0. The molecule has 2 aromatic rings. The number of hydrogen-bond donors (Lipinski definition) is 1. The van der Waals surface area contributed by atoms with Gasteiger partial charge in [-0.15, -0.1) is 0 Å². The van der Waals surface area contributed by atoms with E-state index in [1.54, 1.807) is 12.4 Å². The van der Waals surface area contributed by atoms with Crippen molar-refractivity contribution in [1.82, 2.24) is 14.5 Å². The number of ether oxygens (including phenoxy) is 1. The Morgan fingerprint density at radius 1 is 1.62 bits per heavy atom. The third-order valence-electron chi connectivity index (χ3n) is 2.99. The maximum absolute atomic E-state index is 5.63. The summed E-state index contributed by atoms with van der Waals surface area (Å²) in [7, 11) is 0. The smallest absolute Gasteiger partial charge is 0.178 e. The van der Waals surface area contributed by atoms with Crippen molar-refractivity contribution in [3.05, 3.63) is 23.2 Å². The minimum atomic E-state index is 0.305.